The van der Waals surface area contributed by atoms with Crippen LogP contribution in [0.25, 0.3) is 0 Å². The summed E-state index contributed by atoms with van der Waals surface area (Å²) in [6, 6.07) is 0.581. The fourth-order valence-corrected chi connectivity index (χ4v) is 1.70. The minimum Gasteiger partial charge on any atom is -0.383 e. The summed E-state index contributed by atoms with van der Waals surface area (Å²) in [5.41, 5.74) is 1.17. The number of likely N-dealkylation sites (tertiary alicyclic amines) is 1. The quantitative estimate of drug-likeness (QED) is 0.712. The van der Waals surface area contributed by atoms with Crippen LogP contribution in [-0.4, -0.2) is 31.2 Å². The number of ether oxygens (including phenoxy) is 1. The van der Waals surface area contributed by atoms with Crippen LogP contribution in [0.1, 0.15) is 47.5 Å². The molecule has 0 aromatic heterocycles. The van der Waals surface area contributed by atoms with Gasteiger partial charge in [0.25, 0.3) is 0 Å². The molecule has 0 radical (unpaired) electrons. The van der Waals surface area contributed by atoms with E-state index < -0.39 is 0 Å². The van der Waals surface area contributed by atoms with E-state index in [-0.39, 0.29) is 0 Å². The van der Waals surface area contributed by atoms with Crippen molar-refractivity contribution in [1.82, 2.24) is 4.90 Å². The van der Waals surface area contributed by atoms with E-state index in [1.165, 1.54) is 18.5 Å². The second-order valence-electron chi connectivity index (χ2n) is 3.18. The maximum absolute atomic E-state index is 5.12. The predicted molar refractivity (Wildman–Crippen MR) is 69.1 cm³/mol. The first-order valence-corrected chi connectivity index (χ1v) is 6.17. The van der Waals surface area contributed by atoms with Gasteiger partial charge in [0.05, 0.1) is 12.6 Å². The number of allylic oxidation sites excluding steroid dienone is 1. The van der Waals surface area contributed by atoms with Gasteiger partial charge in [0, 0.05) is 19.4 Å². The Balaban J connectivity index is 0. The fraction of sp³-hybridized carbons (Fsp3) is 0.846. The third kappa shape index (κ3) is 6.56. The molecular weight excluding hydrogens is 186 g/mol. The summed E-state index contributed by atoms with van der Waals surface area (Å²) in [6.07, 6.45) is 2.53. The van der Waals surface area contributed by atoms with Gasteiger partial charge in [0.2, 0.25) is 0 Å². The van der Waals surface area contributed by atoms with Gasteiger partial charge in [-0.3, -0.25) is 0 Å². The third-order valence-corrected chi connectivity index (χ3v) is 2.23. The van der Waals surface area contributed by atoms with E-state index in [4.69, 9.17) is 4.74 Å². The fourth-order valence-electron chi connectivity index (χ4n) is 1.70. The number of rotatable bonds is 3. The molecule has 1 rings (SSSR count). The molecule has 1 atom stereocenters. The van der Waals surface area contributed by atoms with Crippen molar-refractivity contribution in [2.45, 2.75) is 53.5 Å². The predicted octanol–water partition coefficient (Wildman–Crippen LogP) is 3.68. The lowest BCUT2D eigenvalue weighted by atomic mass is 10.2. The molecule has 2 nitrogen and oxygen atoms in total. The molecular formula is C13H29NO. The van der Waals surface area contributed by atoms with E-state index in [0.717, 1.165) is 13.2 Å². The summed E-state index contributed by atoms with van der Waals surface area (Å²) < 4.78 is 5.12. The minimum absolute atomic E-state index is 0.581. The first-order chi connectivity index (χ1) is 7.25. The first kappa shape index (κ1) is 16.9. The average Bonchev–Trinajstić information content (AvgIpc) is 2.73. The molecule has 2 heteroatoms. The van der Waals surface area contributed by atoms with Gasteiger partial charge in [-0.1, -0.05) is 34.3 Å². The molecule has 15 heavy (non-hydrogen) atoms. The molecule has 0 amide bonds. The van der Waals surface area contributed by atoms with Gasteiger partial charge < -0.3 is 9.64 Å². The highest BCUT2D eigenvalue weighted by Gasteiger charge is 2.23. The van der Waals surface area contributed by atoms with Crippen LogP contribution >= 0.6 is 0 Å². The highest BCUT2D eigenvalue weighted by atomic mass is 16.5. The van der Waals surface area contributed by atoms with Crippen LogP contribution in [-0.2, 0) is 4.74 Å². The highest BCUT2D eigenvalue weighted by Crippen LogP contribution is 2.20. The van der Waals surface area contributed by atoms with Gasteiger partial charge in [-0.2, -0.15) is 0 Å². The van der Waals surface area contributed by atoms with E-state index in [2.05, 4.69) is 18.4 Å². The van der Waals surface area contributed by atoms with Crippen LogP contribution < -0.4 is 0 Å². The van der Waals surface area contributed by atoms with Crippen molar-refractivity contribution in [2.24, 2.45) is 0 Å². The third-order valence-electron chi connectivity index (χ3n) is 2.23. The monoisotopic (exact) mass is 215 g/mol. The molecule has 92 valence electrons. The standard InChI is InChI=1S/C9H17NO.2C2H6/c1-8(2)10-6-4-5-9(10)7-11-3;2*1-2/h9H,1,4-7H2,2-3H3;2*1-2H3. The Morgan fingerprint density at radius 1 is 1.33 bits per heavy atom. The summed E-state index contributed by atoms with van der Waals surface area (Å²) >= 11 is 0. The molecule has 0 N–H and O–H groups in total. The maximum atomic E-state index is 5.12. The van der Waals surface area contributed by atoms with Gasteiger partial charge in [0.1, 0.15) is 0 Å². The second kappa shape index (κ2) is 11.6. The van der Waals surface area contributed by atoms with Gasteiger partial charge in [-0.05, 0) is 19.8 Å². The molecule has 1 saturated heterocycles. The van der Waals surface area contributed by atoms with E-state index in [1.54, 1.807) is 7.11 Å². The van der Waals surface area contributed by atoms with Crippen LogP contribution in [0.3, 0.4) is 0 Å². The molecule has 0 aromatic carbocycles. The van der Waals surface area contributed by atoms with Gasteiger partial charge >= 0.3 is 0 Å². The van der Waals surface area contributed by atoms with Crippen molar-refractivity contribution in [1.29, 1.82) is 0 Å². The van der Waals surface area contributed by atoms with Gasteiger partial charge in [-0.25, -0.2) is 0 Å². The lowest BCUT2D eigenvalue weighted by Crippen LogP contribution is -2.30. The molecule has 0 spiro atoms. The Morgan fingerprint density at radius 2 is 1.87 bits per heavy atom. The summed E-state index contributed by atoms with van der Waals surface area (Å²) in [4.78, 5) is 2.34. The Bertz CT molecular complexity index is 145. The van der Waals surface area contributed by atoms with E-state index in [1.807, 2.05) is 27.7 Å². The zero-order chi connectivity index (χ0) is 12.3. The summed E-state index contributed by atoms with van der Waals surface area (Å²) in [5, 5.41) is 0. The molecule has 1 heterocycles. The first-order valence-electron chi connectivity index (χ1n) is 6.17. The number of nitrogens with zero attached hydrogens (tertiary/aromatic N) is 1. The number of hydrogen-bond acceptors (Lipinski definition) is 2. The van der Waals surface area contributed by atoms with Crippen molar-refractivity contribution in [3.8, 4) is 0 Å². The van der Waals surface area contributed by atoms with Crippen molar-refractivity contribution < 1.29 is 4.74 Å². The zero-order valence-electron chi connectivity index (χ0n) is 11.5. The van der Waals surface area contributed by atoms with Gasteiger partial charge in [-0.15, -0.1) is 0 Å². The van der Waals surface area contributed by atoms with Crippen molar-refractivity contribution in [2.75, 3.05) is 20.3 Å². The Hall–Kier alpha value is -0.500. The molecule has 0 aliphatic carbocycles. The van der Waals surface area contributed by atoms with Crippen LogP contribution in [0.2, 0.25) is 0 Å². The van der Waals surface area contributed by atoms with Crippen LogP contribution in [0, 0.1) is 0 Å². The molecule has 1 fully saturated rings. The van der Waals surface area contributed by atoms with E-state index in [9.17, 15) is 0 Å². The Morgan fingerprint density at radius 3 is 2.27 bits per heavy atom. The van der Waals surface area contributed by atoms with Crippen LogP contribution in [0.4, 0.5) is 0 Å². The topological polar surface area (TPSA) is 12.5 Å². The minimum atomic E-state index is 0.581. The molecule has 1 aliphatic heterocycles. The number of hydrogen-bond donors (Lipinski definition) is 0. The Labute approximate surface area is 96.3 Å². The van der Waals surface area contributed by atoms with Crippen molar-refractivity contribution >= 4 is 0 Å². The average molecular weight is 215 g/mol. The molecule has 1 unspecified atom stereocenters. The zero-order valence-corrected chi connectivity index (χ0v) is 11.5. The van der Waals surface area contributed by atoms with Crippen LogP contribution in [0.15, 0.2) is 12.3 Å². The molecule has 0 aromatic rings. The summed E-state index contributed by atoms with van der Waals surface area (Å²) in [6.45, 7) is 16.0. The van der Waals surface area contributed by atoms with E-state index in [0.29, 0.717) is 6.04 Å². The smallest absolute Gasteiger partial charge is 0.0666 e. The molecule has 1 aliphatic rings. The van der Waals surface area contributed by atoms with Crippen molar-refractivity contribution in [3.05, 3.63) is 12.3 Å². The van der Waals surface area contributed by atoms with Crippen LogP contribution in [0.5, 0.6) is 0 Å². The largest absolute Gasteiger partial charge is 0.383 e. The Kier molecular flexibility index (Phi) is 13.1. The lowest BCUT2D eigenvalue weighted by molar-refractivity contribution is 0.132. The summed E-state index contributed by atoms with van der Waals surface area (Å²) in [7, 11) is 1.76. The lowest BCUT2D eigenvalue weighted by Gasteiger charge is -2.25. The van der Waals surface area contributed by atoms with Crippen molar-refractivity contribution in [3.63, 3.8) is 0 Å². The highest BCUT2D eigenvalue weighted by molar-refractivity contribution is 4.96. The normalized spacial score (nSPS) is 18.5. The SMILES string of the molecule is C=C(C)N1CCCC1COC.CC.CC. The van der Waals surface area contributed by atoms with Gasteiger partial charge in [0.15, 0.2) is 0 Å². The second-order valence-corrected chi connectivity index (χ2v) is 3.18. The van der Waals surface area contributed by atoms with E-state index >= 15 is 0 Å². The maximum Gasteiger partial charge on any atom is 0.0666 e. The molecule has 0 saturated carbocycles. The molecule has 0 bridgehead atoms. The summed E-state index contributed by atoms with van der Waals surface area (Å²) in [5.74, 6) is 0. The number of methoxy groups -OCH3 is 1.